The number of carbonyl (C=O) groups is 1. The minimum absolute atomic E-state index is 0.127. The molecule has 35 heavy (non-hydrogen) atoms. The molecule has 0 spiro atoms. The van der Waals surface area contributed by atoms with Crippen molar-refractivity contribution in [2.75, 3.05) is 51.3 Å². The number of benzene rings is 3. The third-order valence-corrected chi connectivity index (χ3v) is 8.08. The van der Waals surface area contributed by atoms with Gasteiger partial charge in [0.15, 0.2) is 0 Å². The van der Waals surface area contributed by atoms with E-state index in [9.17, 15) is 13.2 Å². The second-order valence-electron chi connectivity index (χ2n) is 8.28. The normalized spacial score (nSPS) is 14.5. The van der Waals surface area contributed by atoms with Gasteiger partial charge in [0.1, 0.15) is 12.4 Å². The largest absolute Gasteiger partial charge is 0.492 e. The zero-order valence-electron chi connectivity index (χ0n) is 19.5. The molecule has 0 atom stereocenters. The van der Waals surface area contributed by atoms with Gasteiger partial charge in [-0.05, 0) is 54.6 Å². The van der Waals surface area contributed by atoms with E-state index >= 15 is 0 Å². The molecule has 3 aromatic rings. The Hall–Kier alpha value is -3.07. The van der Waals surface area contributed by atoms with Crippen molar-refractivity contribution in [2.24, 2.45) is 0 Å². The zero-order valence-corrected chi connectivity index (χ0v) is 21.1. The molecule has 3 aromatic carbocycles. The van der Waals surface area contributed by atoms with Crippen molar-refractivity contribution in [3.8, 4) is 5.75 Å². The summed E-state index contributed by atoms with van der Waals surface area (Å²) in [6.07, 6.45) is 0. The number of para-hydroxylation sites is 1. The summed E-state index contributed by atoms with van der Waals surface area (Å²) in [6, 6.07) is 23.2. The Bertz CT molecular complexity index is 1250. The van der Waals surface area contributed by atoms with Crippen LogP contribution in [0.15, 0.2) is 83.8 Å². The smallest absolute Gasteiger partial charge is 0.253 e. The van der Waals surface area contributed by atoms with E-state index in [1.165, 1.54) is 15.3 Å². The van der Waals surface area contributed by atoms with Gasteiger partial charge in [-0.1, -0.05) is 35.9 Å². The van der Waals surface area contributed by atoms with Crippen LogP contribution < -0.4 is 9.64 Å². The molecule has 1 aliphatic rings. The molecule has 0 saturated carbocycles. The molecule has 0 unspecified atom stereocenters. The minimum atomic E-state index is -3.71. The molecule has 0 aromatic heterocycles. The maximum Gasteiger partial charge on any atom is 0.253 e. The summed E-state index contributed by atoms with van der Waals surface area (Å²) in [5.74, 6) is 0.395. The summed E-state index contributed by atoms with van der Waals surface area (Å²) < 4.78 is 33.7. The van der Waals surface area contributed by atoms with Crippen LogP contribution in [0.25, 0.3) is 0 Å². The molecule has 0 bridgehead atoms. The first kappa shape index (κ1) is 25.0. The second kappa shape index (κ2) is 11.1. The Morgan fingerprint density at radius 2 is 1.63 bits per heavy atom. The van der Waals surface area contributed by atoms with Gasteiger partial charge in [0.05, 0.1) is 11.4 Å². The molecule has 7 nitrogen and oxygen atoms in total. The molecule has 1 saturated heterocycles. The number of nitrogens with zero attached hydrogens (tertiary/aromatic N) is 3. The van der Waals surface area contributed by atoms with Crippen LogP contribution in [-0.2, 0) is 10.0 Å². The fourth-order valence-electron chi connectivity index (χ4n) is 3.92. The Morgan fingerprint density at radius 3 is 2.31 bits per heavy atom. The lowest BCUT2D eigenvalue weighted by atomic mass is 10.2. The van der Waals surface area contributed by atoms with Crippen LogP contribution in [0.1, 0.15) is 10.4 Å². The molecule has 0 radical (unpaired) electrons. The van der Waals surface area contributed by atoms with E-state index in [1.54, 1.807) is 49.5 Å². The molecule has 0 aliphatic carbocycles. The van der Waals surface area contributed by atoms with Crippen LogP contribution in [0.4, 0.5) is 5.69 Å². The highest BCUT2D eigenvalue weighted by atomic mass is 35.5. The summed E-state index contributed by atoms with van der Waals surface area (Å²) in [5, 5.41) is 0.623. The van der Waals surface area contributed by atoms with E-state index < -0.39 is 10.0 Å². The van der Waals surface area contributed by atoms with E-state index in [-0.39, 0.29) is 10.8 Å². The Labute approximate surface area is 211 Å². The maximum atomic E-state index is 13.3. The first-order valence-electron chi connectivity index (χ1n) is 11.4. The van der Waals surface area contributed by atoms with Gasteiger partial charge in [-0.2, -0.15) is 4.31 Å². The van der Waals surface area contributed by atoms with Crippen LogP contribution in [0.5, 0.6) is 5.75 Å². The van der Waals surface area contributed by atoms with Crippen LogP contribution in [-0.4, -0.2) is 69.9 Å². The van der Waals surface area contributed by atoms with Gasteiger partial charge < -0.3 is 14.5 Å². The number of amides is 1. The van der Waals surface area contributed by atoms with E-state index in [0.717, 1.165) is 5.69 Å². The van der Waals surface area contributed by atoms with Gasteiger partial charge in [0.2, 0.25) is 10.0 Å². The lowest BCUT2D eigenvalue weighted by Crippen LogP contribution is -2.48. The van der Waals surface area contributed by atoms with Gasteiger partial charge in [-0.25, -0.2) is 8.42 Å². The number of rotatable bonds is 8. The van der Waals surface area contributed by atoms with E-state index in [4.69, 9.17) is 16.3 Å². The third-order valence-electron chi connectivity index (χ3n) is 5.93. The Morgan fingerprint density at radius 1 is 0.943 bits per heavy atom. The highest BCUT2D eigenvalue weighted by molar-refractivity contribution is 7.89. The molecular formula is C26H28ClN3O4S. The standard InChI is InChI=1S/C26H28ClN3O4S/c1-28(18-19-34-24-12-10-22(27)11-13-24)26(31)21-6-5-9-25(20-21)35(32,33)30-16-14-29(15-17-30)23-7-3-2-4-8-23/h2-13,20H,14-19H2,1H3. The van der Waals surface area contributed by atoms with Gasteiger partial charge >= 0.3 is 0 Å². The van der Waals surface area contributed by atoms with Crippen LogP contribution in [0, 0.1) is 0 Å². The molecule has 0 N–H and O–H groups in total. The Balaban J connectivity index is 1.36. The summed E-state index contributed by atoms with van der Waals surface area (Å²) in [7, 11) is -2.04. The van der Waals surface area contributed by atoms with Crippen molar-refractivity contribution >= 4 is 33.2 Å². The first-order valence-corrected chi connectivity index (χ1v) is 13.2. The maximum absolute atomic E-state index is 13.3. The molecule has 4 rings (SSSR count). The number of carbonyl (C=O) groups excluding carboxylic acids is 1. The number of hydrogen-bond acceptors (Lipinski definition) is 5. The molecule has 1 fully saturated rings. The molecule has 1 aliphatic heterocycles. The fourth-order valence-corrected chi connectivity index (χ4v) is 5.51. The van der Waals surface area contributed by atoms with E-state index in [2.05, 4.69) is 4.90 Å². The van der Waals surface area contributed by atoms with Crippen molar-refractivity contribution in [1.29, 1.82) is 0 Å². The van der Waals surface area contributed by atoms with Crippen molar-refractivity contribution in [3.63, 3.8) is 0 Å². The number of anilines is 1. The van der Waals surface area contributed by atoms with Gasteiger partial charge in [0.25, 0.3) is 5.91 Å². The van der Waals surface area contributed by atoms with Gasteiger partial charge in [-0.3, -0.25) is 4.79 Å². The number of sulfonamides is 1. The number of ether oxygens (including phenoxy) is 1. The predicted octanol–water partition coefficient (Wildman–Crippen LogP) is 4.00. The van der Waals surface area contributed by atoms with Crippen LogP contribution >= 0.6 is 11.6 Å². The topological polar surface area (TPSA) is 70.2 Å². The molecular weight excluding hydrogens is 486 g/mol. The molecule has 1 heterocycles. The lowest BCUT2D eigenvalue weighted by Gasteiger charge is -2.35. The lowest BCUT2D eigenvalue weighted by molar-refractivity contribution is 0.0773. The van der Waals surface area contributed by atoms with Crippen molar-refractivity contribution < 1.29 is 17.9 Å². The van der Waals surface area contributed by atoms with Crippen molar-refractivity contribution in [1.82, 2.24) is 9.21 Å². The average molecular weight is 514 g/mol. The number of hydrogen-bond donors (Lipinski definition) is 0. The monoisotopic (exact) mass is 513 g/mol. The quantitative estimate of drug-likeness (QED) is 0.455. The van der Waals surface area contributed by atoms with Gasteiger partial charge in [-0.15, -0.1) is 0 Å². The van der Waals surface area contributed by atoms with E-state index in [0.29, 0.717) is 55.7 Å². The highest BCUT2D eigenvalue weighted by Gasteiger charge is 2.29. The second-order valence-corrected chi connectivity index (χ2v) is 10.7. The Kier molecular flexibility index (Phi) is 7.95. The highest BCUT2D eigenvalue weighted by Crippen LogP contribution is 2.22. The molecule has 1 amide bonds. The fraction of sp³-hybridized carbons (Fsp3) is 0.269. The van der Waals surface area contributed by atoms with E-state index in [1.807, 2.05) is 30.3 Å². The van der Waals surface area contributed by atoms with Crippen LogP contribution in [0.2, 0.25) is 5.02 Å². The SMILES string of the molecule is CN(CCOc1ccc(Cl)cc1)C(=O)c1cccc(S(=O)(=O)N2CCN(c3ccccc3)CC2)c1. The summed E-state index contributed by atoms with van der Waals surface area (Å²) >= 11 is 5.88. The predicted molar refractivity (Wildman–Crippen MR) is 138 cm³/mol. The average Bonchev–Trinajstić information content (AvgIpc) is 2.90. The number of likely N-dealkylation sites (N-methyl/N-ethyl adjacent to an activating group) is 1. The zero-order chi connectivity index (χ0) is 24.8. The van der Waals surface area contributed by atoms with Crippen molar-refractivity contribution in [2.45, 2.75) is 4.90 Å². The number of piperazine rings is 1. The van der Waals surface area contributed by atoms with Crippen molar-refractivity contribution in [3.05, 3.63) is 89.4 Å². The summed E-state index contributed by atoms with van der Waals surface area (Å²) in [6.45, 7) is 2.64. The summed E-state index contributed by atoms with van der Waals surface area (Å²) in [4.78, 5) is 16.7. The summed E-state index contributed by atoms with van der Waals surface area (Å²) in [5.41, 5.74) is 1.41. The molecule has 184 valence electrons. The number of halogens is 1. The minimum Gasteiger partial charge on any atom is -0.492 e. The van der Waals surface area contributed by atoms with Gasteiger partial charge in [0, 0.05) is 49.5 Å². The van der Waals surface area contributed by atoms with Crippen LogP contribution in [0.3, 0.4) is 0 Å². The molecule has 9 heteroatoms. The third kappa shape index (κ3) is 6.14. The first-order chi connectivity index (χ1) is 16.8.